The average molecular weight is 571 g/mol. The van der Waals surface area contributed by atoms with Crippen LogP contribution < -0.4 is 9.47 Å². The Kier molecular flexibility index (Phi) is 5.10. The zero-order valence-electron chi connectivity index (χ0n) is 24.3. The summed E-state index contributed by atoms with van der Waals surface area (Å²) in [6, 6.07) is 5.80. The molecule has 5 heterocycles. The molecule has 2 aliphatic carbocycles. The molecule has 11 heteroatoms. The molecule has 0 saturated carbocycles. The first-order chi connectivity index (χ1) is 20.0. The SMILES string of the molecule is Cc1cc(-c2nncc3c(C(C)(C)C)c(OC[C@]4(O)C=C[C@H]5[C@H]6Cc7ccc(O)c8c7[C@@]5(CCN6C)[C@H]4O8)nn23)no1. The molecule has 1 spiro atoms. The number of hydrogen-bond acceptors (Lipinski definition) is 10. The molecule has 1 saturated heterocycles. The number of aliphatic hydroxyl groups is 1. The van der Waals surface area contributed by atoms with E-state index >= 15 is 0 Å². The predicted octanol–water partition coefficient (Wildman–Crippen LogP) is 3.35. The van der Waals surface area contributed by atoms with Crippen molar-refractivity contribution < 1.29 is 24.2 Å². The number of aryl methyl sites for hydroxylation is 1. The van der Waals surface area contributed by atoms with Crippen molar-refractivity contribution in [1.82, 2.24) is 29.9 Å². The van der Waals surface area contributed by atoms with E-state index in [0.717, 1.165) is 36.0 Å². The highest BCUT2D eigenvalue weighted by Crippen LogP contribution is 2.63. The van der Waals surface area contributed by atoms with Gasteiger partial charge in [0, 0.05) is 34.6 Å². The number of piperidine rings is 1. The molecule has 4 aromatic rings. The first kappa shape index (κ1) is 25.7. The van der Waals surface area contributed by atoms with Gasteiger partial charge >= 0.3 is 0 Å². The number of nitrogens with zero attached hydrogens (tertiary/aromatic N) is 6. The van der Waals surface area contributed by atoms with Crippen molar-refractivity contribution in [3.63, 3.8) is 0 Å². The van der Waals surface area contributed by atoms with Crippen molar-refractivity contribution in [3.05, 3.63) is 59.0 Å². The second kappa shape index (κ2) is 8.32. The van der Waals surface area contributed by atoms with Crippen LogP contribution in [0, 0.1) is 12.8 Å². The summed E-state index contributed by atoms with van der Waals surface area (Å²) in [6.07, 6.45) is 6.73. The first-order valence-corrected chi connectivity index (χ1v) is 14.5. The summed E-state index contributed by atoms with van der Waals surface area (Å²) >= 11 is 0. The van der Waals surface area contributed by atoms with Crippen LogP contribution in [0.2, 0.25) is 0 Å². The smallest absolute Gasteiger partial charge is 0.237 e. The van der Waals surface area contributed by atoms with Crippen LogP contribution >= 0.6 is 0 Å². The van der Waals surface area contributed by atoms with E-state index in [1.165, 1.54) is 5.56 Å². The Morgan fingerprint density at radius 2 is 2.07 bits per heavy atom. The number of aromatic nitrogens is 5. The van der Waals surface area contributed by atoms with E-state index in [9.17, 15) is 10.2 Å². The molecular weight excluding hydrogens is 536 g/mol. The number of rotatable bonds is 4. The highest BCUT2D eigenvalue weighted by molar-refractivity contribution is 5.65. The van der Waals surface area contributed by atoms with E-state index in [1.54, 1.807) is 22.8 Å². The second-order valence-electron chi connectivity index (χ2n) is 13.4. The number of likely N-dealkylation sites (N-methyl/N-ethyl adjacent to an activating group) is 1. The lowest BCUT2D eigenvalue weighted by Crippen LogP contribution is -2.69. The van der Waals surface area contributed by atoms with Gasteiger partial charge in [-0.15, -0.1) is 10.2 Å². The van der Waals surface area contributed by atoms with Gasteiger partial charge in [-0.25, -0.2) is 4.52 Å². The largest absolute Gasteiger partial charge is 0.504 e. The van der Waals surface area contributed by atoms with E-state index < -0.39 is 17.1 Å². The van der Waals surface area contributed by atoms with Crippen molar-refractivity contribution in [1.29, 1.82) is 0 Å². The van der Waals surface area contributed by atoms with Crippen LogP contribution in [0.1, 0.15) is 49.6 Å². The molecule has 0 radical (unpaired) electrons. The van der Waals surface area contributed by atoms with Gasteiger partial charge in [-0.3, -0.25) is 0 Å². The lowest BCUT2D eigenvalue weighted by atomic mass is 9.51. The van der Waals surface area contributed by atoms with E-state index in [1.807, 2.05) is 19.1 Å². The molecule has 218 valence electrons. The molecule has 2 aliphatic heterocycles. The van der Waals surface area contributed by atoms with E-state index in [-0.39, 0.29) is 23.7 Å². The van der Waals surface area contributed by atoms with Crippen LogP contribution in [0.15, 0.2) is 41.1 Å². The number of fused-ring (bicyclic) bond motifs is 1. The van der Waals surface area contributed by atoms with Crippen molar-refractivity contribution >= 4 is 5.52 Å². The molecule has 4 aliphatic rings. The maximum atomic E-state index is 12.4. The van der Waals surface area contributed by atoms with Gasteiger partial charge in [0.2, 0.25) is 11.7 Å². The Morgan fingerprint density at radius 1 is 1.24 bits per heavy atom. The van der Waals surface area contributed by atoms with Crippen molar-refractivity contribution in [3.8, 4) is 28.9 Å². The van der Waals surface area contributed by atoms with Crippen LogP contribution in [0.3, 0.4) is 0 Å². The number of ether oxygens (including phenoxy) is 2. The molecule has 0 amide bonds. The predicted molar refractivity (Wildman–Crippen MR) is 152 cm³/mol. The molecule has 2 bridgehead atoms. The number of phenolic OH excluding ortho intramolecular Hbond substituents is 1. The fourth-order valence-corrected chi connectivity index (χ4v) is 8.01. The average Bonchev–Trinajstić information content (AvgIpc) is 3.65. The summed E-state index contributed by atoms with van der Waals surface area (Å²) < 4.78 is 20.0. The summed E-state index contributed by atoms with van der Waals surface area (Å²) in [5.41, 5.74) is 2.04. The Balaban J connectivity index is 1.22. The van der Waals surface area contributed by atoms with Crippen molar-refractivity contribution in [2.24, 2.45) is 5.92 Å². The minimum Gasteiger partial charge on any atom is -0.504 e. The van der Waals surface area contributed by atoms with Crippen LogP contribution in [-0.2, 0) is 17.3 Å². The number of phenols is 1. The number of aromatic hydroxyl groups is 1. The lowest BCUT2D eigenvalue weighted by molar-refractivity contribution is -0.113. The highest BCUT2D eigenvalue weighted by atomic mass is 16.5. The Bertz CT molecular complexity index is 1790. The molecule has 5 atom stereocenters. The summed E-state index contributed by atoms with van der Waals surface area (Å²) in [6.45, 7) is 8.85. The minimum atomic E-state index is -1.47. The summed E-state index contributed by atoms with van der Waals surface area (Å²) in [5, 5.41) is 40.7. The monoisotopic (exact) mass is 570 g/mol. The molecular formula is C31H34N6O5. The van der Waals surface area contributed by atoms with Gasteiger partial charge in [0.1, 0.15) is 18.5 Å². The topological polar surface area (TPSA) is 131 Å². The number of benzene rings is 1. The molecule has 42 heavy (non-hydrogen) atoms. The van der Waals surface area contributed by atoms with Crippen LogP contribution in [0.5, 0.6) is 17.4 Å². The fraction of sp³-hybridized carbons (Fsp3) is 0.484. The number of hydrogen-bond donors (Lipinski definition) is 2. The van der Waals surface area contributed by atoms with Gasteiger partial charge in [0.15, 0.2) is 22.8 Å². The molecule has 1 fully saturated rings. The molecule has 0 unspecified atom stereocenters. The second-order valence-corrected chi connectivity index (χ2v) is 13.4. The van der Waals surface area contributed by atoms with E-state index in [2.05, 4.69) is 54.1 Å². The third kappa shape index (κ3) is 3.29. The van der Waals surface area contributed by atoms with Crippen LogP contribution in [0.25, 0.3) is 17.0 Å². The molecule has 3 aromatic heterocycles. The van der Waals surface area contributed by atoms with Gasteiger partial charge in [0.05, 0.1) is 11.7 Å². The Hall–Kier alpha value is -3.96. The van der Waals surface area contributed by atoms with Gasteiger partial charge in [-0.1, -0.05) is 38.1 Å². The zero-order chi connectivity index (χ0) is 29.2. The fourth-order valence-electron chi connectivity index (χ4n) is 8.01. The highest BCUT2D eigenvalue weighted by Gasteiger charge is 2.68. The van der Waals surface area contributed by atoms with Crippen LogP contribution in [0.4, 0.5) is 0 Å². The third-order valence-electron chi connectivity index (χ3n) is 9.79. The first-order valence-electron chi connectivity index (χ1n) is 14.5. The maximum absolute atomic E-state index is 12.4. The third-order valence-corrected chi connectivity index (χ3v) is 9.79. The van der Waals surface area contributed by atoms with Gasteiger partial charge in [-0.05, 0) is 56.5 Å². The maximum Gasteiger partial charge on any atom is 0.237 e. The number of likely N-dealkylation sites (tertiary alicyclic amines) is 1. The lowest BCUT2D eigenvalue weighted by Gasteiger charge is -2.58. The molecule has 1 aromatic carbocycles. The summed E-state index contributed by atoms with van der Waals surface area (Å²) in [7, 11) is 2.17. The van der Waals surface area contributed by atoms with Crippen molar-refractivity contribution in [2.75, 3.05) is 20.2 Å². The normalized spacial score (nSPS) is 29.5. The quantitative estimate of drug-likeness (QED) is 0.352. The van der Waals surface area contributed by atoms with Gasteiger partial charge in [-0.2, -0.15) is 5.10 Å². The molecule has 8 rings (SSSR count). The Labute approximate surface area is 242 Å². The van der Waals surface area contributed by atoms with Crippen molar-refractivity contribution in [2.45, 2.75) is 69.1 Å². The Morgan fingerprint density at radius 3 is 2.83 bits per heavy atom. The van der Waals surface area contributed by atoms with Gasteiger partial charge in [0.25, 0.3) is 0 Å². The summed E-state index contributed by atoms with van der Waals surface area (Å²) in [4.78, 5) is 2.41. The van der Waals surface area contributed by atoms with E-state index in [0.29, 0.717) is 34.9 Å². The molecule has 11 nitrogen and oxygen atoms in total. The van der Waals surface area contributed by atoms with Gasteiger partial charge < -0.3 is 29.1 Å². The molecule has 2 N–H and O–H groups in total. The van der Waals surface area contributed by atoms with E-state index in [4.69, 9.17) is 19.1 Å². The minimum absolute atomic E-state index is 0.0839. The summed E-state index contributed by atoms with van der Waals surface area (Å²) in [5.74, 6) is 2.23. The zero-order valence-corrected chi connectivity index (χ0v) is 24.3. The van der Waals surface area contributed by atoms with Crippen LogP contribution in [-0.4, -0.2) is 78.0 Å². The standard InChI is InChI=1S/C31H34N6O5/c1-16-12-19(35-42-16)26-33-32-14-21-24(29(2,3)4)27(34-37(21)26)40-15-30(39)9-8-18-20-13-17-6-7-22(38)25-23(17)31(18,28(30)41-25)10-11-36(20)5/h6-9,12,14,18,20,28,38-39H,10-11,13,15H2,1-5H3/t18-,20+,28-,30+,31-/m0/s1.